The quantitative estimate of drug-likeness (QED) is 0.787. The van der Waals surface area contributed by atoms with Gasteiger partial charge in [0, 0.05) is 19.7 Å². The average Bonchev–Trinajstić information content (AvgIpc) is 3.12. The highest BCUT2D eigenvalue weighted by atomic mass is 16.5. The zero-order valence-corrected chi connectivity index (χ0v) is 10.8. The van der Waals surface area contributed by atoms with Gasteiger partial charge in [0.05, 0.1) is 12.8 Å². The van der Waals surface area contributed by atoms with Crippen molar-refractivity contribution in [3.8, 4) is 0 Å². The molecule has 3 N–H and O–H groups in total. The van der Waals surface area contributed by atoms with Gasteiger partial charge in [0.1, 0.15) is 11.4 Å². The standard InChI is InChI=1S/C12H20N4O2/c1-8(9-3-4-9)16(5-6-18-2)12(17)10-7-14-15-11(10)13/h7-9H,3-6H2,1-2H3,(H3,13,14,15). The Labute approximate surface area is 106 Å². The minimum atomic E-state index is -0.0716. The molecule has 6 nitrogen and oxygen atoms in total. The highest BCUT2D eigenvalue weighted by molar-refractivity contribution is 5.98. The van der Waals surface area contributed by atoms with Crippen LogP contribution >= 0.6 is 0 Å². The highest BCUT2D eigenvalue weighted by Gasteiger charge is 2.35. The van der Waals surface area contributed by atoms with Crippen molar-refractivity contribution in [3.05, 3.63) is 11.8 Å². The third-order valence-electron chi connectivity index (χ3n) is 3.49. The minimum Gasteiger partial charge on any atom is -0.383 e. The summed E-state index contributed by atoms with van der Waals surface area (Å²) < 4.78 is 5.07. The first-order valence-electron chi connectivity index (χ1n) is 6.24. The predicted octanol–water partition coefficient (Wildman–Crippen LogP) is 0.879. The number of carbonyl (C=O) groups excluding carboxylic acids is 1. The van der Waals surface area contributed by atoms with Crippen molar-refractivity contribution in [1.29, 1.82) is 0 Å². The molecular weight excluding hydrogens is 232 g/mol. The number of hydrogen-bond donors (Lipinski definition) is 2. The molecule has 1 amide bonds. The second-order valence-corrected chi connectivity index (χ2v) is 4.77. The maximum absolute atomic E-state index is 12.4. The van der Waals surface area contributed by atoms with E-state index in [0.29, 0.717) is 30.5 Å². The number of nitrogens with zero attached hydrogens (tertiary/aromatic N) is 2. The Kier molecular flexibility index (Phi) is 3.86. The monoisotopic (exact) mass is 252 g/mol. The maximum Gasteiger partial charge on any atom is 0.259 e. The molecule has 2 rings (SSSR count). The van der Waals surface area contributed by atoms with Crippen LogP contribution in [0.5, 0.6) is 0 Å². The number of nitrogen functional groups attached to an aromatic ring is 1. The second-order valence-electron chi connectivity index (χ2n) is 4.77. The normalized spacial score (nSPS) is 16.6. The first-order valence-corrected chi connectivity index (χ1v) is 6.24. The van der Waals surface area contributed by atoms with Gasteiger partial charge in [-0.15, -0.1) is 0 Å². The zero-order valence-electron chi connectivity index (χ0n) is 10.8. The van der Waals surface area contributed by atoms with Gasteiger partial charge in [-0.2, -0.15) is 5.10 Å². The number of nitrogens with two attached hydrogens (primary N) is 1. The molecule has 1 fully saturated rings. The van der Waals surface area contributed by atoms with Gasteiger partial charge in [-0.1, -0.05) is 0 Å². The van der Waals surface area contributed by atoms with Gasteiger partial charge in [0.2, 0.25) is 0 Å². The Bertz CT molecular complexity index is 414. The molecule has 1 aliphatic carbocycles. The molecule has 1 saturated carbocycles. The van der Waals surface area contributed by atoms with Crippen LogP contribution in [0.25, 0.3) is 0 Å². The smallest absolute Gasteiger partial charge is 0.259 e. The number of H-pyrrole nitrogens is 1. The first kappa shape index (κ1) is 12.9. The van der Waals surface area contributed by atoms with Crippen molar-refractivity contribution in [2.45, 2.75) is 25.8 Å². The van der Waals surface area contributed by atoms with Crippen molar-refractivity contribution >= 4 is 11.7 Å². The third kappa shape index (κ3) is 2.64. The van der Waals surface area contributed by atoms with Crippen LogP contribution in [0.3, 0.4) is 0 Å². The lowest BCUT2D eigenvalue weighted by molar-refractivity contribution is 0.0596. The molecule has 1 aromatic heterocycles. The topological polar surface area (TPSA) is 84.2 Å². The average molecular weight is 252 g/mol. The summed E-state index contributed by atoms with van der Waals surface area (Å²) in [6.07, 6.45) is 3.87. The number of aromatic nitrogens is 2. The summed E-state index contributed by atoms with van der Waals surface area (Å²) in [5.41, 5.74) is 6.15. The van der Waals surface area contributed by atoms with Gasteiger partial charge in [0.25, 0.3) is 5.91 Å². The number of nitrogens with one attached hydrogen (secondary N) is 1. The Morgan fingerprint density at radius 1 is 1.72 bits per heavy atom. The number of aromatic amines is 1. The fourth-order valence-corrected chi connectivity index (χ4v) is 2.13. The Hall–Kier alpha value is -1.56. The van der Waals surface area contributed by atoms with E-state index in [2.05, 4.69) is 17.1 Å². The lowest BCUT2D eigenvalue weighted by Gasteiger charge is -2.29. The fourth-order valence-electron chi connectivity index (χ4n) is 2.13. The number of anilines is 1. The lowest BCUT2D eigenvalue weighted by Crippen LogP contribution is -2.42. The van der Waals surface area contributed by atoms with E-state index in [9.17, 15) is 4.79 Å². The summed E-state index contributed by atoms with van der Waals surface area (Å²) in [4.78, 5) is 14.3. The van der Waals surface area contributed by atoms with E-state index >= 15 is 0 Å². The van der Waals surface area contributed by atoms with Crippen LogP contribution in [0.1, 0.15) is 30.1 Å². The Balaban J connectivity index is 2.12. The van der Waals surface area contributed by atoms with Crippen LogP contribution in [0.15, 0.2) is 6.20 Å². The van der Waals surface area contributed by atoms with Crippen molar-refractivity contribution < 1.29 is 9.53 Å². The molecule has 6 heteroatoms. The molecule has 1 heterocycles. The molecule has 0 bridgehead atoms. The van der Waals surface area contributed by atoms with Gasteiger partial charge >= 0.3 is 0 Å². The van der Waals surface area contributed by atoms with Crippen molar-refractivity contribution in [3.63, 3.8) is 0 Å². The number of amides is 1. The number of carbonyl (C=O) groups is 1. The maximum atomic E-state index is 12.4. The second kappa shape index (κ2) is 5.39. The molecule has 1 aromatic rings. The van der Waals surface area contributed by atoms with E-state index in [1.165, 1.54) is 19.0 Å². The van der Waals surface area contributed by atoms with E-state index in [4.69, 9.17) is 10.5 Å². The number of hydrogen-bond acceptors (Lipinski definition) is 4. The summed E-state index contributed by atoms with van der Waals surface area (Å²) in [5, 5.41) is 6.39. The minimum absolute atomic E-state index is 0.0716. The molecule has 1 aliphatic rings. The largest absolute Gasteiger partial charge is 0.383 e. The molecule has 1 atom stereocenters. The Morgan fingerprint density at radius 3 is 2.94 bits per heavy atom. The highest BCUT2D eigenvalue weighted by Crippen LogP contribution is 2.35. The van der Waals surface area contributed by atoms with Crippen LogP contribution in [-0.4, -0.2) is 47.3 Å². The third-order valence-corrected chi connectivity index (χ3v) is 3.49. The molecule has 0 aliphatic heterocycles. The van der Waals surface area contributed by atoms with Crippen molar-refractivity contribution in [1.82, 2.24) is 15.1 Å². The van der Waals surface area contributed by atoms with Gasteiger partial charge in [-0.05, 0) is 25.7 Å². The fraction of sp³-hybridized carbons (Fsp3) is 0.667. The van der Waals surface area contributed by atoms with E-state index in [0.717, 1.165) is 0 Å². The van der Waals surface area contributed by atoms with Crippen molar-refractivity contribution in [2.24, 2.45) is 5.92 Å². The number of methoxy groups -OCH3 is 1. The van der Waals surface area contributed by atoms with Crippen LogP contribution in [-0.2, 0) is 4.74 Å². The zero-order chi connectivity index (χ0) is 13.1. The van der Waals surface area contributed by atoms with Crippen LogP contribution in [0, 0.1) is 5.92 Å². The van der Waals surface area contributed by atoms with Gasteiger partial charge in [-0.3, -0.25) is 9.89 Å². The van der Waals surface area contributed by atoms with Gasteiger partial charge in [0.15, 0.2) is 0 Å². The predicted molar refractivity (Wildman–Crippen MR) is 68.1 cm³/mol. The summed E-state index contributed by atoms with van der Waals surface area (Å²) >= 11 is 0. The molecule has 0 saturated heterocycles. The summed E-state index contributed by atoms with van der Waals surface area (Å²) in [5.74, 6) is 0.863. The molecule has 0 spiro atoms. The van der Waals surface area contributed by atoms with Crippen LogP contribution < -0.4 is 5.73 Å². The van der Waals surface area contributed by atoms with Crippen LogP contribution in [0.2, 0.25) is 0 Å². The molecular formula is C12H20N4O2. The first-order chi connectivity index (χ1) is 8.65. The van der Waals surface area contributed by atoms with Crippen molar-refractivity contribution in [2.75, 3.05) is 26.0 Å². The molecule has 0 aromatic carbocycles. The van der Waals surface area contributed by atoms with E-state index in [-0.39, 0.29) is 11.9 Å². The Morgan fingerprint density at radius 2 is 2.44 bits per heavy atom. The lowest BCUT2D eigenvalue weighted by atomic mass is 10.1. The molecule has 100 valence electrons. The molecule has 18 heavy (non-hydrogen) atoms. The molecule has 1 unspecified atom stereocenters. The van der Waals surface area contributed by atoms with Gasteiger partial charge < -0.3 is 15.4 Å². The van der Waals surface area contributed by atoms with Crippen LogP contribution in [0.4, 0.5) is 5.82 Å². The molecule has 0 radical (unpaired) electrons. The van der Waals surface area contributed by atoms with E-state index in [1.54, 1.807) is 7.11 Å². The van der Waals surface area contributed by atoms with E-state index in [1.807, 2.05) is 4.90 Å². The number of rotatable bonds is 6. The van der Waals surface area contributed by atoms with E-state index < -0.39 is 0 Å². The van der Waals surface area contributed by atoms with Gasteiger partial charge in [-0.25, -0.2) is 0 Å². The summed E-state index contributed by atoms with van der Waals surface area (Å²) in [7, 11) is 1.64. The number of ether oxygens (including phenoxy) is 1. The summed E-state index contributed by atoms with van der Waals surface area (Å²) in [6.45, 7) is 3.19. The summed E-state index contributed by atoms with van der Waals surface area (Å²) in [6, 6.07) is 0.224. The SMILES string of the molecule is COCCN(C(=O)c1cn[nH]c1N)C(C)C1CC1.